The molecule has 1 aliphatic heterocycles. The van der Waals surface area contributed by atoms with E-state index in [1.54, 1.807) is 35.1 Å². The summed E-state index contributed by atoms with van der Waals surface area (Å²) in [7, 11) is 1.78. The van der Waals surface area contributed by atoms with E-state index in [4.69, 9.17) is 0 Å². The highest BCUT2D eigenvalue weighted by molar-refractivity contribution is 7.09. The Balaban J connectivity index is 1.90. The molecule has 1 fully saturated rings. The van der Waals surface area contributed by atoms with Crippen molar-refractivity contribution >= 4 is 23.3 Å². The average molecular weight is 296 g/mol. The maximum atomic E-state index is 12.3. The van der Waals surface area contributed by atoms with Crippen molar-refractivity contribution in [1.82, 2.24) is 9.80 Å². The fraction of sp³-hybridized carbons (Fsp3) is 0.571. The SMILES string of the molecule is CN(Cc1cccs1)C(=O)N1CCC(C)(C(=O)O)CC1. The number of amides is 2. The molecule has 0 unspecified atom stereocenters. The summed E-state index contributed by atoms with van der Waals surface area (Å²) in [5.74, 6) is -0.767. The summed E-state index contributed by atoms with van der Waals surface area (Å²) in [6.07, 6.45) is 1.03. The second-order valence-corrected chi connectivity index (χ2v) is 6.60. The fourth-order valence-electron chi connectivity index (χ4n) is 2.35. The van der Waals surface area contributed by atoms with Crippen LogP contribution in [0.3, 0.4) is 0 Å². The molecule has 0 aliphatic carbocycles. The summed E-state index contributed by atoms with van der Waals surface area (Å²) in [6, 6.07) is 3.95. The highest BCUT2D eigenvalue weighted by Gasteiger charge is 2.38. The van der Waals surface area contributed by atoms with Crippen LogP contribution in [0.1, 0.15) is 24.6 Å². The second-order valence-electron chi connectivity index (χ2n) is 5.57. The van der Waals surface area contributed by atoms with Gasteiger partial charge >= 0.3 is 12.0 Å². The minimum absolute atomic E-state index is 0.0224. The number of carbonyl (C=O) groups excluding carboxylic acids is 1. The van der Waals surface area contributed by atoms with Crippen LogP contribution in [0.2, 0.25) is 0 Å². The van der Waals surface area contributed by atoms with Gasteiger partial charge in [0.25, 0.3) is 0 Å². The van der Waals surface area contributed by atoms with Gasteiger partial charge in [-0.15, -0.1) is 11.3 Å². The van der Waals surface area contributed by atoms with E-state index in [-0.39, 0.29) is 6.03 Å². The molecule has 20 heavy (non-hydrogen) atoms. The lowest BCUT2D eigenvalue weighted by molar-refractivity contribution is -0.150. The van der Waals surface area contributed by atoms with Crippen LogP contribution in [0.4, 0.5) is 4.79 Å². The van der Waals surface area contributed by atoms with Crippen molar-refractivity contribution in [3.63, 3.8) is 0 Å². The number of hydrogen-bond donors (Lipinski definition) is 1. The Labute approximate surface area is 122 Å². The zero-order valence-corrected chi connectivity index (χ0v) is 12.7. The molecule has 1 aliphatic rings. The smallest absolute Gasteiger partial charge is 0.320 e. The Morgan fingerprint density at radius 3 is 2.60 bits per heavy atom. The topological polar surface area (TPSA) is 60.9 Å². The number of aliphatic carboxylic acids is 1. The third kappa shape index (κ3) is 3.12. The van der Waals surface area contributed by atoms with Crippen LogP contribution in [0.15, 0.2) is 17.5 Å². The number of likely N-dealkylation sites (tertiary alicyclic amines) is 1. The number of piperidine rings is 1. The van der Waals surface area contributed by atoms with Crippen molar-refractivity contribution in [3.05, 3.63) is 22.4 Å². The quantitative estimate of drug-likeness (QED) is 0.932. The molecule has 2 heterocycles. The van der Waals surface area contributed by atoms with Gasteiger partial charge in [-0.25, -0.2) is 4.79 Å². The van der Waals surface area contributed by atoms with Gasteiger partial charge < -0.3 is 14.9 Å². The van der Waals surface area contributed by atoms with Crippen LogP contribution in [0.25, 0.3) is 0 Å². The Bertz CT molecular complexity index is 479. The second kappa shape index (κ2) is 5.83. The summed E-state index contributed by atoms with van der Waals surface area (Å²) < 4.78 is 0. The summed E-state index contributed by atoms with van der Waals surface area (Å²) in [4.78, 5) is 28.1. The lowest BCUT2D eigenvalue weighted by Gasteiger charge is -2.38. The number of nitrogens with zero attached hydrogens (tertiary/aromatic N) is 2. The minimum Gasteiger partial charge on any atom is -0.481 e. The average Bonchev–Trinajstić information content (AvgIpc) is 2.91. The molecule has 6 heteroatoms. The molecule has 0 spiro atoms. The first-order valence-corrected chi connectivity index (χ1v) is 7.56. The summed E-state index contributed by atoms with van der Waals surface area (Å²) in [5.41, 5.74) is -0.691. The Morgan fingerprint density at radius 2 is 2.10 bits per heavy atom. The van der Waals surface area contributed by atoms with Crippen molar-refractivity contribution in [2.75, 3.05) is 20.1 Å². The molecular formula is C14H20N2O3S. The van der Waals surface area contributed by atoms with Gasteiger partial charge in [0.15, 0.2) is 0 Å². The Kier molecular flexibility index (Phi) is 4.32. The zero-order chi connectivity index (χ0) is 14.8. The molecular weight excluding hydrogens is 276 g/mol. The number of carboxylic acid groups (broad SMARTS) is 1. The molecule has 1 aromatic heterocycles. The van der Waals surface area contributed by atoms with Crippen molar-refractivity contribution < 1.29 is 14.7 Å². The number of carbonyl (C=O) groups is 2. The van der Waals surface area contributed by atoms with Crippen molar-refractivity contribution in [2.24, 2.45) is 5.41 Å². The molecule has 2 amide bonds. The third-order valence-corrected chi connectivity index (χ3v) is 4.81. The largest absolute Gasteiger partial charge is 0.481 e. The van der Waals surface area contributed by atoms with E-state index >= 15 is 0 Å². The van der Waals surface area contributed by atoms with Crippen LogP contribution >= 0.6 is 11.3 Å². The number of urea groups is 1. The number of carboxylic acids is 1. The van der Waals surface area contributed by atoms with Crippen LogP contribution in [0, 0.1) is 5.41 Å². The van der Waals surface area contributed by atoms with E-state index in [0.717, 1.165) is 4.88 Å². The first-order chi connectivity index (χ1) is 9.42. The summed E-state index contributed by atoms with van der Waals surface area (Å²) >= 11 is 1.63. The maximum Gasteiger partial charge on any atom is 0.320 e. The highest BCUT2D eigenvalue weighted by Crippen LogP contribution is 2.31. The zero-order valence-electron chi connectivity index (χ0n) is 11.8. The molecule has 1 N–H and O–H groups in total. The number of hydrogen-bond acceptors (Lipinski definition) is 3. The van der Waals surface area contributed by atoms with Crippen LogP contribution < -0.4 is 0 Å². The third-order valence-electron chi connectivity index (χ3n) is 3.95. The monoisotopic (exact) mass is 296 g/mol. The van der Waals surface area contributed by atoms with Gasteiger partial charge in [-0.3, -0.25) is 4.79 Å². The predicted molar refractivity (Wildman–Crippen MR) is 77.7 cm³/mol. The molecule has 1 saturated heterocycles. The molecule has 0 atom stereocenters. The van der Waals surface area contributed by atoms with Crippen molar-refractivity contribution in [2.45, 2.75) is 26.3 Å². The van der Waals surface area contributed by atoms with Gasteiger partial charge in [-0.2, -0.15) is 0 Å². The van der Waals surface area contributed by atoms with Crippen LogP contribution in [0.5, 0.6) is 0 Å². The number of thiophene rings is 1. The van der Waals surface area contributed by atoms with Gasteiger partial charge in [0.05, 0.1) is 12.0 Å². The molecule has 110 valence electrons. The molecule has 0 radical (unpaired) electrons. The van der Waals surface area contributed by atoms with E-state index in [9.17, 15) is 14.7 Å². The predicted octanol–water partition coefficient (Wildman–Crippen LogP) is 2.49. The maximum absolute atomic E-state index is 12.3. The fourth-order valence-corrected chi connectivity index (χ4v) is 3.11. The summed E-state index contributed by atoms with van der Waals surface area (Å²) in [5, 5.41) is 11.2. The Morgan fingerprint density at radius 1 is 1.45 bits per heavy atom. The molecule has 1 aromatic rings. The number of rotatable bonds is 3. The van der Waals surface area contributed by atoms with Gasteiger partial charge in [0, 0.05) is 25.0 Å². The molecule has 2 rings (SSSR count). The lowest BCUT2D eigenvalue weighted by atomic mass is 9.80. The standard InChI is InChI=1S/C14H20N2O3S/c1-14(12(17)18)5-7-16(8-6-14)13(19)15(2)10-11-4-3-9-20-11/h3-4,9H,5-8,10H2,1-2H3,(H,17,18). The highest BCUT2D eigenvalue weighted by atomic mass is 32.1. The first-order valence-electron chi connectivity index (χ1n) is 6.68. The van der Waals surface area contributed by atoms with Crippen LogP contribution in [-0.2, 0) is 11.3 Å². The first kappa shape index (κ1) is 14.8. The molecule has 0 bridgehead atoms. The lowest BCUT2D eigenvalue weighted by Crippen LogP contribution is -2.48. The van der Waals surface area contributed by atoms with Crippen molar-refractivity contribution in [3.8, 4) is 0 Å². The van der Waals surface area contributed by atoms with Gasteiger partial charge in [0.2, 0.25) is 0 Å². The van der Waals surface area contributed by atoms with E-state index in [2.05, 4.69) is 0 Å². The molecule has 5 nitrogen and oxygen atoms in total. The van der Waals surface area contributed by atoms with Gasteiger partial charge in [-0.05, 0) is 31.2 Å². The Hall–Kier alpha value is -1.56. The normalized spacial score (nSPS) is 17.8. The van der Waals surface area contributed by atoms with E-state index in [0.29, 0.717) is 32.5 Å². The van der Waals surface area contributed by atoms with E-state index < -0.39 is 11.4 Å². The molecule has 0 saturated carbocycles. The van der Waals surface area contributed by atoms with Gasteiger partial charge in [0.1, 0.15) is 0 Å². The van der Waals surface area contributed by atoms with E-state index in [1.807, 2.05) is 17.5 Å². The summed E-state index contributed by atoms with van der Waals surface area (Å²) in [6.45, 7) is 3.38. The van der Waals surface area contributed by atoms with Crippen molar-refractivity contribution in [1.29, 1.82) is 0 Å². The van der Waals surface area contributed by atoms with Crippen LogP contribution in [-0.4, -0.2) is 47.0 Å². The van der Waals surface area contributed by atoms with E-state index in [1.165, 1.54) is 0 Å². The molecule has 0 aromatic carbocycles. The van der Waals surface area contributed by atoms with Gasteiger partial charge in [-0.1, -0.05) is 6.07 Å². The minimum atomic E-state index is -0.767.